The number of carbonyl (C=O) groups excluding carboxylic acids is 1. The van der Waals surface area contributed by atoms with Crippen LogP contribution in [0.3, 0.4) is 0 Å². The van der Waals surface area contributed by atoms with E-state index in [2.05, 4.69) is 20.8 Å². The van der Waals surface area contributed by atoms with Crippen LogP contribution < -0.4 is 0 Å². The number of fused-ring (bicyclic) bond motifs is 5. The van der Waals surface area contributed by atoms with Crippen LogP contribution in [-0.2, 0) is 4.79 Å². The van der Waals surface area contributed by atoms with Gasteiger partial charge in [-0.3, -0.25) is 4.79 Å². The molecule has 4 aliphatic rings. The summed E-state index contributed by atoms with van der Waals surface area (Å²) in [7, 11) is 0. The first-order valence-corrected chi connectivity index (χ1v) is 9.75. The Bertz CT molecular complexity index is 606. The van der Waals surface area contributed by atoms with Crippen molar-refractivity contribution in [3.63, 3.8) is 0 Å². The SMILES string of the molecule is CC1C[C@@H]2[C@H](C(O)C[C@@]3(C)[C@H]2CC[C@]3(C)O)[C@@]2(C)CCC(=O)C=C12. The van der Waals surface area contributed by atoms with Crippen LogP contribution in [0.15, 0.2) is 11.6 Å². The van der Waals surface area contributed by atoms with Gasteiger partial charge in [0.2, 0.25) is 0 Å². The van der Waals surface area contributed by atoms with E-state index >= 15 is 0 Å². The fraction of sp³-hybridized carbons (Fsp3) is 0.857. The predicted octanol–water partition coefficient (Wildman–Crippen LogP) is 3.49. The fourth-order valence-corrected chi connectivity index (χ4v) is 7.34. The number of hydrogen-bond donors (Lipinski definition) is 2. The molecule has 3 nitrogen and oxygen atoms in total. The molecule has 3 saturated carbocycles. The van der Waals surface area contributed by atoms with Gasteiger partial charge in [0.1, 0.15) is 0 Å². The molecule has 0 spiro atoms. The van der Waals surface area contributed by atoms with Gasteiger partial charge >= 0.3 is 0 Å². The molecule has 3 heteroatoms. The molecule has 0 heterocycles. The van der Waals surface area contributed by atoms with Crippen molar-refractivity contribution in [2.24, 2.45) is 34.5 Å². The van der Waals surface area contributed by atoms with Gasteiger partial charge in [-0.1, -0.05) is 26.3 Å². The van der Waals surface area contributed by atoms with Crippen LogP contribution in [0.2, 0.25) is 0 Å². The molecule has 134 valence electrons. The zero-order chi connectivity index (χ0) is 17.5. The van der Waals surface area contributed by atoms with Crippen LogP contribution in [0.4, 0.5) is 0 Å². The summed E-state index contributed by atoms with van der Waals surface area (Å²) in [4.78, 5) is 12.0. The van der Waals surface area contributed by atoms with E-state index in [1.165, 1.54) is 5.57 Å². The molecule has 0 bridgehead atoms. The second-order valence-corrected chi connectivity index (χ2v) is 9.92. The minimum atomic E-state index is -0.674. The van der Waals surface area contributed by atoms with Crippen molar-refractivity contribution in [3.8, 4) is 0 Å². The van der Waals surface area contributed by atoms with Crippen molar-refractivity contribution in [3.05, 3.63) is 11.6 Å². The van der Waals surface area contributed by atoms with E-state index in [1.807, 2.05) is 13.0 Å². The highest BCUT2D eigenvalue weighted by atomic mass is 16.3. The van der Waals surface area contributed by atoms with Gasteiger partial charge in [0, 0.05) is 11.8 Å². The highest BCUT2D eigenvalue weighted by Gasteiger charge is 2.65. The number of hydrogen-bond acceptors (Lipinski definition) is 3. The molecular formula is C21H32O3. The summed E-state index contributed by atoms with van der Waals surface area (Å²) in [6.07, 6.45) is 6.66. The maximum absolute atomic E-state index is 12.0. The molecule has 8 atom stereocenters. The second-order valence-electron chi connectivity index (χ2n) is 9.92. The van der Waals surface area contributed by atoms with E-state index in [0.717, 1.165) is 25.7 Å². The van der Waals surface area contributed by atoms with Gasteiger partial charge in [0.05, 0.1) is 11.7 Å². The molecular weight excluding hydrogens is 300 g/mol. The molecule has 4 rings (SSSR count). The smallest absolute Gasteiger partial charge is 0.155 e. The second kappa shape index (κ2) is 4.94. The van der Waals surface area contributed by atoms with Crippen molar-refractivity contribution >= 4 is 5.78 Å². The number of allylic oxidation sites excluding steroid dienone is 1. The lowest BCUT2D eigenvalue weighted by molar-refractivity contribution is -0.170. The molecule has 3 fully saturated rings. The van der Waals surface area contributed by atoms with Crippen LogP contribution >= 0.6 is 0 Å². The minimum Gasteiger partial charge on any atom is -0.393 e. The van der Waals surface area contributed by atoms with Crippen LogP contribution in [0.1, 0.15) is 66.2 Å². The summed E-state index contributed by atoms with van der Waals surface area (Å²) in [6.45, 7) is 8.72. The summed E-state index contributed by atoms with van der Waals surface area (Å²) in [5.74, 6) is 1.84. The maximum atomic E-state index is 12.0. The molecule has 2 unspecified atom stereocenters. The largest absolute Gasteiger partial charge is 0.393 e. The van der Waals surface area contributed by atoms with Gasteiger partial charge in [-0.15, -0.1) is 0 Å². The zero-order valence-corrected chi connectivity index (χ0v) is 15.5. The topological polar surface area (TPSA) is 57.5 Å². The molecule has 0 radical (unpaired) electrons. The molecule has 2 N–H and O–H groups in total. The molecule has 4 aliphatic carbocycles. The van der Waals surface area contributed by atoms with E-state index in [4.69, 9.17) is 0 Å². The first kappa shape index (κ1) is 16.8. The third-order valence-corrected chi connectivity index (χ3v) is 8.78. The molecule has 0 aromatic heterocycles. The van der Waals surface area contributed by atoms with Gasteiger partial charge in [-0.05, 0) is 74.2 Å². The van der Waals surface area contributed by atoms with E-state index < -0.39 is 5.60 Å². The van der Waals surface area contributed by atoms with Gasteiger partial charge in [0.25, 0.3) is 0 Å². The Labute approximate surface area is 145 Å². The monoisotopic (exact) mass is 332 g/mol. The van der Waals surface area contributed by atoms with E-state index in [-0.39, 0.29) is 28.6 Å². The summed E-state index contributed by atoms with van der Waals surface area (Å²) >= 11 is 0. The highest BCUT2D eigenvalue weighted by molar-refractivity contribution is 5.91. The van der Waals surface area contributed by atoms with E-state index in [9.17, 15) is 15.0 Å². The Kier molecular flexibility index (Phi) is 3.46. The normalized spacial score (nSPS) is 57.0. The minimum absolute atomic E-state index is 0.0502. The van der Waals surface area contributed by atoms with E-state index in [0.29, 0.717) is 30.6 Å². The maximum Gasteiger partial charge on any atom is 0.155 e. The fourth-order valence-electron chi connectivity index (χ4n) is 7.34. The first-order valence-electron chi connectivity index (χ1n) is 9.75. The van der Waals surface area contributed by atoms with Gasteiger partial charge in [0.15, 0.2) is 5.78 Å². The number of aliphatic hydroxyl groups excluding tert-OH is 1. The van der Waals surface area contributed by atoms with Crippen LogP contribution in [0.25, 0.3) is 0 Å². The molecule has 0 saturated heterocycles. The molecule has 0 aliphatic heterocycles. The highest BCUT2D eigenvalue weighted by Crippen LogP contribution is 2.68. The summed E-state index contributed by atoms with van der Waals surface area (Å²) in [6, 6.07) is 0. The third kappa shape index (κ3) is 1.94. The van der Waals surface area contributed by atoms with E-state index in [1.54, 1.807) is 0 Å². The Morgan fingerprint density at radius 2 is 1.92 bits per heavy atom. The number of ketones is 1. The average Bonchev–Trinajstić information content (AvgIpc) is 2.71. The Balaban J connectivity index is 1.79. The molecule has 0 aromatic rings. The number of aliphatic hydroxyl groups is 2. The standard InChI is InChI=1S/C21H32O3/c1-12-9-14-15-6-8-21(4,24)20(15,3)11-17(23)18(14)19(2)7-5-13(22)10-16(12)19/h10,12,14-15,17-18,23-24H,5-9,11H2,1-4H3/t12?,14-,15-,17?,18+,19-,20-,21-/m0/s1. The summed E-state index contributed by atoms with van der Waals surface area (Å²) < 4.78 is 0. The summed E-state index contributed by atoms with van der Waals surface area (Å²) in [5.41, 5.74) is 0.375. The lowest BCUT2D eigenvalue weighted by atomic mass is 9.44. The Morgan fingerprint density at radius 1 is 1.21 bits per heavy atom. The Morgan fingerprint density at radius 3 is 2.62 bits per heavy atom. The Hall–Kier alpha value is -0.670. The van der Waals surface area contributed by atoms with Crippen molar-refractivity contribution in [1.29, 1.82) is 0 Å². The number of carbonyl (C=O) groups is 1. The quantitative estimate of drug-likeness (QED) is 0.714. The molecule has 24 heavy (non-hydrogen) atoms. The average molecular weight is 332 g/mol. The van der Waals surface area contributed by atoms with Gasteiger partial charge in [-0.2, -0.15) is 0 Å². The van der Waals surface area contributed by atoms with Crippen LogP contribution in [0.5, 0.6) is 0 Å². The van der Waals surface area contributed by atoms with Crippen molar-refractivity contribution in [2.45, 2.75) is 77.9 Å². The van der Waals surface area contributed by atoms with Crippen molar-refractivity contribution in [1.82, 2.24) is 0 Å². The van der Waals surface area contributed by atoms with Crippen molar-refractivity contribution in [2.75, 3.05) is 0 Å². The number of rotatable bonds is 0. The molecule has 0 aromatic carbocycles. The zero-order valence-electron chi connectivity index (χ0n) is 15.5. The lowest BCUT2D eigenvalue weighted by Crippen LogP contribution is -2.60. The van der Waals surface area contributed by atoms with Crippen LogP contribution in [-0.4, -0.2) is 27.7 Å². The van der Waals surface area contributed by atoms with Crippen LogP contribution in [0, 0.1) is 34.5 Å². The third-order valence-electron chi connectivity index (χ3n) is 8.78. The predicted molar refractivity (Wildman–Crippen MR) is 93.3 cm³/mol. The summed E-state index contributed by atoms with van der Waals surface area (Å²) in [5, 5.41) is 22.2. The van der Waals surface area contributed by atoms with Crippen molar-refractivity contribution < 1.29 is 15.0 Å². The lowest BCUT2D eigenvalue weighted by Gasteiger charge is -2.61. The first-order chi connectivity index (χ1) is 11.1. The molecule has 0 amide bonds. The van der Waals surface area contributed by atoms with Gasteiger partial charge < -0.3 is 10.2 Å². The van der Waals surface area contributed by atoms with Gasteiger partial charge in [-0.25, -0.2) is 0 Å².